The third-order valence-corrected chi connectivity index (χ3v) is 3.11. The molecule has 1 N–H and O–H groups in total. The maximum atomic E-state index is 12.4. The van der Waals surface area contributed by atoms with Gasteiger partial charge in [0.05, 0.1) is 0 Å². The largest absolute Gasteiger partial charge is 0.434 e. The summed E-state index contributed by atoms with van der Waals surface area (Å²) in [6.07, 6.45) is -4.38. The Kier molecular flexibility index (Phi) is 3.06. The predicted molar refractivity (Wildman–Crippen MR) is 62.1 cm³/mol. The third kappa shape index (κ3) is 2.58. The third-order valence-electron chi connectivity index (χ3n) is 2.22. The molecule has 0 aliphatic heterocycles. The molecule has 0 radical (unpaired) electrons. The lowest BCUT2D eigenvalue weighted by Crippen LogP contribution is -2.04. The zero-order valence-electron chi connectivity index (χ0n) is 8.88. The Morgan fingerprint density at radius 2 is 1.82 bits per heavy atom. The van der Waals surface area contributed by atoms with Gasteiger partial charge in [-0.25, -0.2) is 4.98 Å². The van der Waals surface area contributed by atoms with Crippen molar-refractivity contribution in [2.24, 2.45) is 0 Å². The number of nitrogens with one attached hydrogen (secondary N) is 1. The van der Waals surface area contributed by atoms with E-state index in [0.29, 0.717) is 10.6 Å². The van der Waals surface area contributed by atoms with Crippen molar-refractivity contribution in [3.63, 3.8) is 0 Å². The molecule has 2 rings (SSSR count). The second-order valence-electron chi connectivity index (χ2n) is 3.36. The van der Waals surface area contributed by atoms with Gasteiger partial charge in [-0.3, -0.25) is 0 Å². The lowest BCUT2D eigenvalue weighted by Gasteiger charge is -2.01. The molecule has 0 aliphatic rings. The summed E-state index contributed by atoms with van der Waals surface area (Å²) in [7, 11) is 1.78. The van der Waals surface area contributed by atoms with E-state index in [2.05, 4.69) is 10.3 Å². The van der Waals surface area contributed by atoms with Crippen LogP contribution in [0.15, 0.2) is 29.6 Å². The molecule has 0 spiro atoms. The number of rotatable bonds is 2. The molecule has 0 saturated carbocycles. The van der Waals surface area contributed by atoms with E-state index >= 15 is 0 Å². The summed E-state index contributed by atoms with van der Waals surface area (Å²) >= 11 is 0.991. The number of aromatic nitrogens is 1. The first-order valence-electron chi connectivity index (χ1n) is 4.81. The monoisotopic (exact) mass is 258 g/mol. The number of halogens is 3. The van der Waals surface area contributed by atoms with Crippen molar-refractivity contribution in [2.75, 3.05) is 12.4 Å². The minimum absolute atomic E-state index is 0.375. The van der Waals surface area contributed by atoms with Crippen LogP contribution in [-0.2, 0) is 6.18 Å². The highest BCUT2D eigenvalue weighted by atomic mass is 32.1. The van der Waals surface area contributed by atoms with Gasteiger partial charge < -0.3 is 5.32 Å². The van der Waals surface area contributed by atoms with Crippen LogP contribution >= 0.6 is 11.3 Å². The molecule has 1 aromatic heterocycles. The van der Waals surface area contributed by atoms with Crippen LogP contribution in [-0.4, -0.2) is 12.0 Å². The van der Waals surface area contributed by atoms with Gasteiger partial charge in [-0.05, 0) is 24.3 Å². The Morgan fingerprint density at radius 3 is 2.29 bits per heavy atom. The summed E-state index contributed by atoms with van der Waals surface area (Å²) in [5.74, 6) is 0. The van der Waals surface area contributed by atoms with Gasteiger partial charge in [-0.2, -0.15) is 13.2 Å². The average molecular weight is 258 g/mol. The first-order valence-corrected chi connectivity index (χ1v) is 5.69. The zero-order chi connectivity index (χ0) is 12.5. The van der Waals surface area contributed by atoms with Gasteiger partial charge in [-0.15, -0.1) is 11.3 Å². The van der Waals surface area contributed by atoms with Gasteiger partial charge in [0.25, 0.3) is 0 Å². The van der Waals surface area contributed by atoms with Crippen LogP contribution in [0.4, 0.5) is 18.9 Å². The van der Waals surface area contributed by atoms with E-state index in [-0.39, 0.29) is 0 Å². The quantitative estimate of drug-likeness (QED) is 0.884. The molecule has 6 heteroatoms. The van der Waals surface area contributed by atoms with Crippen molar-refractivity contribution < 1.29 is 13.2 Å². The Balaban J connectivity index is 2.30. The summed E-state index contributed by atoms with van der Waals surface area (Å²) in [5, 5.41) is 4.34. The Hall–Kier alpha value is -1.56. The van der Waals surface area contributed by atoms with Crippen molar-refractivity contribution in [1.82, 2.24) is 4.98 Å². The molecule has 0 saturated heterocycles. The van der Waals surface area contributed by atoms with Gasteiger partial charge in [0.2, 0.25) is 0 Å². The SMILES string of the molecule is CNc1ccc(-c2nc(C(F)(F)F)cs2)cc1. The molecule has 0 atom stereocenters. The fraction of sp³-hybridized carbons (Fsp3) is 0.182. The number of benzene rings is 1. The van der Waals surface area contributed by atoms with Crippen LogP contribution in [0.3, 0.4) is 0 Å². The molecule has 17 heavy (non-hydrogen) atoms. The molecule has 2 nitrogen and oxygen atoms in total. The Morgan fingerprint density at radius 1 is 1.18 bits per heavy atom. The van der Waals surface area contributed by atoms with Gasteiger partial charge in [-0.1, -0.05) is 0 Å². The summed E-state index contributed by atoms with van der Waals surface area (Å²) in [4.78, 5) is 3.58. The molecule has 2 aromatic rings. The van der Waals surface area contributed by atoms with Crippen LogP contribution in [0, 0.1) is 0 Å². The number of anilines is 1. The zero-order valence-corrected chi connectivity index (χ0v) is 9.69. The smallest absolute Gasteiger partial charge is 0.388 e. The molecule has 0 aliphatic carbocycles. The molecule has 1 aromatic carbocycles. The molecule has 0 unspecified atom stereocenters. The summed E-state index contributed by atoms with van der Waals surface area (Å²) < 4.78 is 37.1. The lowest BCUT2D eigenvalue weighted by atomic mass is 10.2. The molecule has 90 valence electrons. The maximum absolute atomic E-state index is 12.4. The molecule has 0 amide bonds. The Labute approximate surface area is 100 Å². The summed E-state index contributed by atoms with van der Waals surface area (Å²) in [6.45, 7) is 0. The second-order valence-corrected chi connectivity index (χ2v) is 4.22. The first-order chi connectivity index (χ1) is 8.00. The molecular weight excluding hydrogens is 249 g/mol. The Bertz CT molecular complexity index is 502. The van der Waals surface area contributed by atoms with Crippen molar-refractivity contribution in [3.8, 4) is 10.6 Å². The van der Waals surface area contributed by atoms with Crippen LogP contribution in [0.5, 0.6) is 0 Å². The predicted octanol–water partition coefficient (Wildman–Crippen LogP) is 3.87. The summed E-state index contributed by atoms with van der Waals surface area (Å²) in [5.41, 5.74) is 0.751. The molecule has 0 bridgehead atoms. The van der Waals surface area contributed by atoms with E-state index in [1.165, 1.54) is 0 Å². The van der Waals surface area contributed by atoms with Crippen LogP contribution in [0.2, 0.25) is 0 Å². The fourth-order valence-electron chi connectivity index (χ4n) is 1.32. The average Bonchev–Trinajstić information content (AvgIpc) is 2.78. The van der Waals surface area contributed by atoms with Crippen LogP contribution in [0.25, 0.3) is 10.6 Å². The van der Waals surface area contributed by atoms with Crippen molar-refractivity contribution in [3.05, 3.63) is 35.3 Å². The maximum Gasteiger partial charge on any atom is 0.434 e. The van der Waals surface area contributed by atoms with Crippen molar-refractivity contribution >= 4 is 17.0 Å². The fourth-order valence-corrected chi connectivity index (χ4v) is 2.15. The topological polar surface area (TPSA) is 24.9 Å². The first kappa shape index (κ1) is 11.9. The molecule has 0 fully saturated rings. The highest BCUT2D eigenvalue weighted by Gasteiger charge is 2.33. The van der Waals surface area contributed by atoms with Crippen LogP contribution < -0.4 is 5.32 Å². The molecular formula is C11H9F3N2S. The van der Waals surface area contributed by atoms with E-state index in [9.17, 15) is 13.2 Å². The van der Waals surface area contributed by atoms with Crippen molar-refractivity contribution in [1.29, 1.82) is 0 Å². The second kappa shape index (κ2) is 4.37. The van der Waals surface area contributed by atoms with Gasteiger partial charge in [0.1, 0.15) is 5.01 Å². The highest BCUT2D eigenvalue weighted by molar-refractivity contribution is 7.13. The number of hydrogen-bond acceptors (Lipinski definition) is 3. The van der Waals surface area contributed by atoms with E-state index in [1.54, 1.807) is 31.3 Å². The number of alkyl halides is 3. The minimum Gasteiger partial charge on any atom is -0.388 e. The van der Waals surface area contributed by atoms with E-state index in [0.717, 1.165) is 22.4 Å². The van der Waals surface area contributed by atoms with Crippen molar-refractivity contribution in [2.45, 2.75) is 6.18 Å². The van der Waals surface area contributed by atoms with Gasteiger partial charge in [0, 0.05) is 23.7 Å². The lowest BCUT2D eigenvalue weighted by molar-refractivity contribution is -0.140. The number of hydrogen-bond donors (Lipinski definition) is 1. The normalized spacial score (nSPS) is 11.5. The van der Waals surface area contributed by atoms with E-state index in [4.69, 9.17) is 0 Å². The number of thiazole rings is 1. The highest BCUT2D eigenvalue weighted by Crippen LogP contribution is 2.33. The van der Waals surface area contributed by atoms with Gasteiger partial charge in [0.15, 0.2) is 5.69 Å². The number of nitrogens with zero attached hydrogens (tertiary/aromatic N) is 1. The van der Waals surface area contributed by atoms with E-state index in [1.807, 2.05) is 0 Å². The summed E-state index contributed by atoms with van der Waals surface area (Å²) in [6, 6.07) is 7.07. The van der Waals surface area contributed by atoms with Gasteiger partial charge >= 0.3 is 6.18 Å². The standard InChI is InChI=1S/C11H9F3N2S/c1-15-8-4-2-7(3-5-8)10-16-9(6-17-10)11(12,13)14/h2-6,15H,1H3. The van der Waals surface area contributed by atoms with Crippen LogP contribution in [0.1, 0.15) is 5.69 Å². The van der Waals surface area contributed by atoms with E-state index < -0.39 is 11.9 Å². The minimum atomic E-state index is -4.38. The molecule has 1 heterocycles.